The molecule has 0 fully saturated rings. The number of aromatic nitrogens is 3. The molecular formula is C47H29N3O. The van der Waals surface area contributed by atoms with Gasteiger partial charge in [-0.1, -0.05) is 158 Å². The lowest BCUT2D eigenvalue weighted by atomic mass is 9.96. The van der Waals surface area contributed by atoms with Crippen molar-refractivity contribution in [3.63, 3.8) is 0 Å². The number of hydrogen-bond acceptors (Lipinski definition) is 4. The first-order chi connectivity index (χ1) is 25.3. The Balaban J connectivity index is 1.14. The Kier molecular flexibility index (Phi) is 6.78. The second-order valence-electron chi connectivity index (χ2n) is 12.8. The monoisotopic (exact) mass is 651 g/mol. The van der Waals surface area contributed by atoms with E-state index in [-0.39, 0.29) is 0 Å². The van der Waals surface area contributed by atoms with Crippen LogP contribution in [0.1, 0.15) is 0 Å². The number of nitrogens with zero attached hydrogens (tertiary/aromatic N) is 3. The third-order valence-electron chi connectivity index (χ3n) is 9.75. The van der Waals surface area contributed by atoms with Gasteiger partial charge in [0, 0.05) is 27.5 Å². The molecule has 51 heavy (non-hydrogen) atoms. The first-order valence-corrected chi connectivity index (χ1v) is 17.1. The average molecular weight is 652 g/mol. The molecule has 0 atom stereocenters. The molecule has 0 aliphatic rings. The third kappa shape index (κ3) is 5.04. The van der Waals surface area contributed by atoms with Gasteiger partial charge in [-0.25, -0.2) is 15.0 Å². The van der Waals surface area contributed by atoms with Crippen molar-refractivity contribution < 1.29 is 4.42 Å². The SMILES string of the molecule is c1ccc(-c2nc(-c3ccc(-c4cccc5ccccc45)cc3)nc(-c3cccc4oc5ccc(-c6cccc7ccccc67)cc5c34)n2)cc1. The summed E-state index contributed by atoms with van der Waals surface area (Å²) < 4.78 is 6.44. The van der Waals surface area contributed by atoms with E-state index >= 15 is 0 Å². The summed E-state index contributed by atoms with van der Waals surface area (Å²) in [5.74, 6) is 1.83. The molecule has 4 heteroatoms. The van der Waals surface area contributed by atoms with Crippen LogP contribution in [0.3, 0.4) is 0 Å². The van der Waals surface area contributed by atoms with Crippen LogP contribution in [0, 0.1) is 0 Å². The largest absolute Gasteiger partial charge is 0.456 e. The number of furan rings is 1. The smallest absolute Gasteiger partial charge is 0.164 e. The normalized spacial score (nSPS) is 11.5. The van der Waals surface area contributed by atoms with Gasteiger partial charge in [-0.05, 0) is 62.0 Å². The van der Waals surface area contributed by atoms with Crippen LogP contribution in [0.5, 0.6) is 0 Å². The second-order valence-corrected chi connectivity index (χ2v) is 12.8. The maximum absolute atomic E-state index is 6.44. The Hall–Kier alpha value is -6.91. The molecule has 0 N–H and O–H groups in total. The van der Waals surface area contributed by atoms with Gasteiger partial charge in [0.05, 0.1) is 0 Å². The Morgan fingerprint density at radius 3 is 1.53 bits per heavy atom. The topological polar surface area (TPSA) is 51.8 Å². The maximum atomic E-state index is 6.44. The molecule has 10 rings (SSSR count). The van der Waals surface area contributed by atoms with Crippen LogP contribution in [0.2, 0.25) is 0 Å². The van der Waals surface area contributed by atoms with Crippen molar-refractivity contribution >= 4 is 43.5 Å². The molecule has 0 bridgehead atoms. The van der Waals surface area contributed by atoms with Gasteiger partial charge in [0.2, 0.25) is 0 Å². The lowest BCUT2D eigenvalue weighted by Gasteiger charge is -2.11. The minimum Gasteiger partial charge on any atom is -0.456 e. The quantitative estimate of drug-likeness (QED) is 0.186. The van der Waals surface area contributed by atoms with Crippen molar-refractivity contribution in [3.8, 4) is 56.4 Å². The zero-order valence-electron chi connectivity index (χ0n) is 27.5. The van der Waals surface area contributed by atoms with Crippen molar-refractivity contribution in [2.45, 2.75) is 0 Å². The lowest BCUT2D eigenvalue weighted by Crippen LogP contribution is -2.00. The summed E-state index contributed by atoms with van der Waals surface area (Å²) in [6.07, 6.45) is 0. The van der Waals surface area contributed by atoms with Gasteiger partial charge in [0.1, 0.15) is 11.2 Å². The van der Waals surface area contributed by atoms with Crippen molar-refractivity contribution in [1.29, 1.82) is 0 Å². The van der Waals surface area contributed by atoms with Gasteiger partial charge >= 0.3 is 0 Å². The highest BCUT2D eigenvalue weighted by Crippen LogP contribution is 2.39. The third-order valence-corrected chi connectivity index (χ3v) is 9.75. The predicted octanol–water partition coefficient (Wildman–Crippen LogP) is 12.4. The van der Waals surface area contributed by atoms with Crippen LogP contribution in [0.25, 0.3) is 99.9 Å². The van der Waals surface area contributed by atoms with Crippen molar-refractivity contribution in [3.05, 3.63) is 176 Å². The van der Waals surface area contributed by atoms with Gasteiger partial charge in [-0.3, -0.25) is 0 Å². The maximum Gasteiger partial charge on any atom is 0.164 e. The highest BCUT2D eigenvalue weighted by molar-refractivity contribution is 6.13. The van der Waals surface area contributed by atoms with E-state index in [1.165, 1.54) is 32.7 Å². The summed E-state index contributed by atoms with van der Waals surface area (Å²) in [7, 11) is 0. The number of rotatable bonds is 5. The number of benzene rings is 8. The van der Waals surface area contributed by atoms with Crippen molar-refractivity contribution in [1.82, 2.24) is 15.0 Å². The first kappa shape index (κ1) is 29.0. The van der Waals surface area contributed by atoms with E-state index in [9.17, 15) is 0 Å². The van der Waals surface area contributed by atoms with Gasteiger partial charge in [0.15, 0.2) is 17.5 Å². The van der Waals surface area contributed by atoms with E-state index in [1.54, 1.807) is 0 Å². The van der Waals surface area contributed by atoms with E-state index in [2.05, 4.69) is 133 Å². The minimum atomic E-state index is 0.598. The van der Waals surface area contributed by atoms with Gasteiger partial charge in [-0.15, -0.1) is 0 Å². The fourth-order valence-corrected chi connectivity index (χ4v) is 7.28. The minimum absolute atomic E-state index is 0.598. The van der Waals surface area contributed by atoms with Crippen LogP contribution in [0.4, 0.5) is 0 Å². The standard InChI is InChI=1S/C47H29N3O/c1-2-13-33(14-3-1)45-48-46(34-25-23-32(24-26-34)38-19-8-15-30-11-4-6-17-36(30)38)50-47(49-45)40-21-10-22-43-44(40)41-29-35(27-28-42(41)51-43)39-20-9-16-31-12-5-7-18-37(31)39/h1-29H. The fraction of sp³-hybridized carbons (Fsp3) is 0. The lowest BCUT2D eigenvalue weighted by molar-refractivity contribution is 0.669. The summed E-state index contributed by atoms with van der Waals surface area (Å²) in [6.45, 7) is 0. The summed E-state index contributed by atoms with van der Waals surface area (Å²) in [5, 5.41) is 6.88. The first-order valence-electron chi connectivity index (χ1n) is 17.1. The Labute approximate surface area is 294 Å². The zero-order valence-corrected chi connectivity index (χ0v) is 27.5. The van der Waals surface area contributed by atoms with E-state index in [4.69, 9.17) is 19.4 Å². The molecule has 0 amide bonds. The van der Waals surface area contributed by atoms with Gasteiger partial charge in [0.25, 0.3) is 0 Å². The molecule has 0 aliphatic carbocycles. The van der Waals surface area contributed by atoms with Crippen molar-refractivity contribution in [2.75, 3.05) is 0 Å². The highest BCUT2D eigenvalue weighted by Gasteiger charge is 2.19. The average Bonchev–Trinajstić information content (AvgIpc) is 3.59. The fourth-order valence-electron chi connectivity index (χ4n) is 7.28. The van der Waals surface area contributed by atoms with Crippen LogP contribution >= 0.6 is 0 Å². The van der Waals surface area contributed by atoms with Crippen molar-refractivity contribution in [2.24, 2.45) is 0 Å². The summed E-state index contributed by atoms with van der Waals surface area (Å²) >= 11 is 0. The Bertz CT molecular complexity index is 2900. The molecule has 8 aromatic carbocycles. The second kappa shape index (κ2) is 11.9. The molecule has 10 aromatic rings. The molecule has 0 aliphatic heterocycles. The van der Waals surface area contributed by atoms with Crippen LogP contribution < -0.4 is 0 Å². The van der Waals surface area contributed by atoms with Crippen LogP contribution in [0.15, 0.2) is 180 Å². The molecular weight excluding hydrogens is 623 g/mol. The number of hydrogen-bond donors (Lipinski definition) is 0. The predicted molar refractivity (Wildman–Crippen MR) is 209 cm³/mol. The number of fused-ring (bicyclic) bond motifs is 5. The molecule has 2 aromatic heterocycles. The molecule has 0 saturated carbocycles. The van der Waals surface area contributed by atoms with E-state index < -0.39 is 0 Å². The van der Waals surface area contributed by atoms with Crippen LogP contribution in [-0.4, -0.2) is 15.0 Å². The molecule has 0 unspecified atom stereocenters. The summed E-state index contributed by atoms with van der Waals surface area (Å²) in [6, 6.07) is 61.1. The molecule has 238 valence electrons. The van der Waals surface area contributed by atoms with E-state index in [1.807, 2.05) is 42.5 Å². The molecule has 4 nitrogen and oxygen atoms in total. The molecule has 0 spiro atoms. The molecule has 0 saturated heterocycles. The Morgan fingerprint density at radius 1 is 0.314 bits per heavy atom. The zero-order chi connectivity index (χ0) is 33.7. The van der Waals surface area contributed by atoms with Crippen LogP contribution in [-0.2, 0) is 0 Å². The molecule has 0 radical (unpaired) electrons. The van der Waals surface area contributed by atoms with E-state index in [0.717, 1.165) is 49.8 Å². The van der Waals surface area contributed by atoms with E-state index in [0.29, 0.717) is 17.5 Å². The van der Waals surface area contributed by atoms with Gasteiger partial charge in [-0.2, -0.15) is 0 Å². The summed E-state index contributed by atoms with van der Waals surface area (Å²) in [4.78, 5) is 15.3. The molecule has 2 heterocycles. The Morgan fingerprint density at radius 2 is 0.824 bits per heavy atom. The summed E-state index contributed by atoms with van der Waals surface area (Å²) in [5.41, 5.74) is 9.01. The highest BCUT2D eigenvalue weighted by atomic mass is 16.3. The van der Waals surface area contributed by atoms with Gasteiger partial charge < -0.3 is 4.42 Å².